The first-order chi connectivity index (χ1) is 11.1. The Labute approximate surface area is 157 Å². The van der Waals surface area contributed by atoms with E-state index in [-0.39, 0.29) is 35.9 Å². The third kappa shape index (κ3) is 6.69. The predicted octanol–water partition coefficient (Wildman–Crippen LogP) is 2.27. The van der Waals surface area contributed by atoms with Crippen molar-refractivity contribution in [1.29, 1.82) is 0 Å². The van der Waals surface area contributed by atoms with Crippen LogP contribution in [-0.4, -0.2) is 35.8 Å². The number of aryl methyl sites for hydroxylation is 1. The fraction of sp³-hybridized carbons (Fsp3) is 0.400. The molecule has 0 bridgehead atoms. The van der Waals surface area contributed by atoms with E-state index in [2.05, 4.69) is 25.8 Å². The van der Waals surface area contributed by atoms with Gasteiger partial charge in [0, 0.05) is 14.0 Å². The van der Waals surface area contributed by atoms with E-state index < -0.39 is 0 Å². The molecule has 0 amide bonds. The highest BCUT2D eigenvalue weighted by atomic mass is 127. The van der Waals surface area contributed by atoms with Crippen LogP contribution in [0.4, 0.5) is 4.39 Å². The van der Waals surface area contributed by atoms with Gasteiger partial charge in [-0.25, -0.2) is 4.39 Å². The number of aliphatic imine (C=N–C) groups is 1. The molecule has 1 heterocycles. The first-order valence-electron chi connectivity index (χ1n) is 7.22. The normalized spacial score (nSPS) is 12.2. The molecule has 1 unspecified atom stereocenters. The maximum atomic E-state index is 12.8. The van der Waals surface area contributed by atoms with Gasteiger partial charge in [0.25, 0.3) is 0 Å². The van der Waals surface area contributed by atoms with Crippen LogP contribution in [0.3, 0.4) is 0 Å². The van der Waals surface area contributed by atoms with Crippen LogP contribution in [0.2, 0.25) is 0 Å². The van der Waals surface area contributed by atoms with Gasteiger partial charge in [0.1, 0.15) is 17.7 Å². The zero-order valence-corrected chi connectivity index (χ0v) is 16.1. The van der Waals surface area contributed by atoms with Crippen LogP contribution < -0.4 is 15.4 Å². The summed E-state index contributed by atoms with van der Waals surface area (Å²) in [5.41, 5.74) is 0. The van der Waals surface area contributed by atoms with E-state index in [9.17, 15) is 4.39 Å². The van der Waals surface area contributed by atoms with Crippen molar-refractivity contribution in [3.63, 3.8) is 0 Å². The molecule has 0 saturated heterocycles. The Balaban J connectivity index is 0.00000288. The topological polar surface area (TPSA) is 84.6 Å². The van der Waals surface area contributed by atoms with Gasteiger partial charge in [-0.15, -0.1) is 24.0 Å². The second-order valence-electron chi connectivity index (χ2n) is 4.92. The Kier molecular flexibility index (Phi) is 8.44. The Morgan fingerprint density at radius 2 is 2.04 bits per heavy atom. The van der Waals surface area contributed by atoms with Gasteiger partial charge >= 0.3 is 0 Å². The molecule has 9 heteroatoms. The highest BCUT2D eigenvalue weighted by molar-refractivity contribution is 14.0. The number of ether oxygens (including phenoxy) is 1. The summed E-state index contributed by atoms with van der Waals surface area (Å²) in [6.07, 6.45) is -0.119. The van der Waals surface area contributed by atoms with Crippen LogP contribution in [0.25, 0.3) is 0 Å². The quantitative estimate of drug-likeness (QED) is 0.400. The molecule has 132 valence electrons. The number of hydrogen-bond donors (Lipinski definition) is 2. The monoisotopic (exact) mass is 449 g/mol. The van der Waals surface area contributed by atoms with Crippen molar-refractivity contribution in [2.45, 2.75) is 26.5 Å². The van der Waals surface area contributed by atoms with Crippen LogP contribution in [0.15, 0.2) is 33.8 Å². The second kappa shape index (κ2) is 10.1. The maximum Gasteiger partial charge on any atom is 0.223 e. The molecule has 24 heavy (non-hydrogen) atoms. The van der Waals surface area contributed by atoms with E-state index in [0.717, 1.165) is 0 Å². The van der Waals surface area contributed by atoms with Crippen LogP contribution in [-0.2, 0) is 6.54 Å². The standard InChI is InChI=1S/C15H20FN5O2.HI/c1-10(22-13-6-4-12(16)5-7-13)8-18-15(17-3)19-9-14-20-11(2)23-21-14;/h4-7,10H,8-9H2,1-3H3,(H2,17,18,19);1H. The van der Waals surface area contributed by atoms with Gasteiger partial charge < -0.3 is 19.9 Å². The van der Waals surface area contributed by atoms with E-state index in [4.69, 9.17) is 9.26 Å². The summed E-state index contributed by atoms with van der Waals surface area (Å²) in [6.45, 7) is 4.58. The smallest absolute Gasteiger partial charge is 0.223 e. The lowest BCUT2D eigenvalue weighted by Crippen LogP contribution is -2.41. The fourth-order valence-electron chi connectivity index (χ4n) is 1.82. The Morgan fingerprint density at radius 3 is 2.62 bits per heavy atom. The fourth-order valence-corrected chi connectivity index (χ4v) is 1.82. The van der Waals surface area contributed by atoms with Gasteiger partial charge in [0.15, 0.2) is 11.8 Å². The van der Waals surface area contributed by atoms with Crippen molar-refractivity contribution >= 4 is 29.9 Å². The summed E-state index contributed by atoms with van der Waals surface area (Å²) in [4.78, 5) is 8.20. The number of nitrogens with one attached hydrogen (secondary N) is 2. The molecular weight excluding hydrogens is 428 g/mol. The lowest BCUT2D eigenvalue weighted by atomic mass is 10.3. The molecule has 2 rings (SSSR count). The van der Waals surface area contributed by atoms with Gasteiger partial charge in [0.05, 0.1) is 13.1 Å². The zero-order valence-electron chi connectivity index (χ0n) is 13.7. The van der Waals surface area contributed by atoms with Gasteiger partial charge in [0.2, 0.25) is 5.89 Å². The average Bonchev–Trinajstić information content (AvgIpc) is 2.95. The van der Waals surface area contributed by atoms with Crippen LogP contribution in [0, 0.1) is 12.7 Å². The molecule has 0 aliphatic heterocycles. The number of aromatic nitrogens is 2. The number of guanidine groups is 1. The molecular formula is C15H21FIN5O2. The third-order valence-electron chi connectivity index (χ3n) is 2.92. The summed E-state index contributed by atoms with van der Waals surface area (Å²) in [5.74, 6) is 2.00. The highest BCUT2D eigenvalue weighted by Gasteiger charge is 2.07. The van der Waals surface area contributed by atoms with E-state index in [0.29, 0.717) is 36.5 Å². The molecule has 0 saturated carbocycles. The summed E-state index contributed by atoms with van der Waals surface area (Å²) in [6, 6.07) is 5.92. The first kappa shape index (κ1) is 20.1. The number of nitrogens with zero attached hydrogens (tertiary/aromatic N) is 3. The molecule has 1 atom stereocenters. The number of rotatable bonds is 6. The summed E-state index contributed by atoms with van der Waals surface area (Å²) in [7, 11) is 1.67. The minimum atomic E-state index is -0.288. The van der Waals surface area contributed by atoms with E-state index in [1.54, 1.807) is 26.1 Å². The number of benzene rings is 1. The van der Waals surface area contributed by atoms with Crippen molar-refractivity contribution in [1.82, 2.24) is 20.8 Å². The Bertz CT molecular complexity index is 648. The molecule has 0 aliphatic rings. The van der Waals surface area contributed by atoms with Gasteiger partial charge in [-0.05, 0) is 31.2 Å². The highest BCUT2D eigenvalue weighted by Crippen LogP contribution is 2.12. The van der Waals surface area contributed by atoms with Crippen LogP contribution >= 0.6 is 24.0 Å². The van der Waals surface area contributed by atoms with Crippen molar-refractivity contribution < 1.29 is 13.7 Å². The Morgan fingerprint density at radius 1 is 1.33 bits per heavy atom. The van der Waals surface area contributed by atoms with Gasteiger partial charge in [-0.1, -0.05) is 5.16 Å². The number of hydrogen-bond acceptors (Lipinski definition) is 5. The molecule has 2 N–H and O–H groups in total. The summed E-state index contributed by atoms with van der Waals surface area (Å²) >= 11 is 0. The Hall–Kier alpha value is -1.91. The lowest BCUT2D eigenvalue weighted by molar-refractivity contribution is 0.223. The van der Waals surface area contributed by atoms with Gasteiger partial charge in [-0.3, -0.25) is 4.99 Å². The summed E-state index contributed by atoms with van der Waals surface area (Å²) in [5, 5.41) is 10.00. The van der Waals surface area contributed by atoms with E-state index >= 15 is 0 Å². The van der Waals surface area contributed by atoms with Crippen LogP contribution in [0.5, 0.6) is 5.75 Å². The van der Waals surface area contributed by atoms with Gasteiger partial charge in [-0.2, -0.15) is 4.98 Å². The molecule has 0 aliphatic carbocycles. The molecule has 0 fully saturated rings. The molecule has 0 radical (unpaired) electrons. The average molecular weight is 449 g/mol. The summed E-state index contributed by atoms with van der Waals surface area (Å²) < 4.78 is 23.4. The van der Waals surface area contributed by atoms with E-state index in [1.807, 2.05) is 6.92 Å². The van der Waals surface area contributed by atoms with Crippen molar-refractivity contribution in [2.24, 2.45) is 4.99 Å². The SMILES string of the molecule is CN=C(NCc1noc(C)n1)NCC(C)Oc1ccc(F)cc1.I. The maximum absolute atomic E-state index is 12.8. The van der Waals surface area contributed by atoms with Crippen molar-refractivity contribution in [2.75, 3.05) is 13.6 Å². The van der Waals surface area contributed by atoms with Crippen molar-refractivity contribution in [3.05, 3.63) is 41.8 Å². The zero-order chi connectivity index (χ0) is 16.7. The molecule has 7 nitrogen and oxygen atoms in total. The minimum Gasteiger partial charge on any atom is -0.489 e. The predicted molar refractivity (Wildman–Crippen MR) is 99.1 cm³/mol. The van der Waals surface area contributed by atoms with Crippen LogP contribution in [0.1, 0.15) is 18.6 Å². The number of halogens is 2. The second-order valence-corrected chi connectivity index (χ2v) is 4.92. The first-order valence-corrected chi connectivity index (χ1v) is 7.22. The molecule has 2 aromatic rings. The largest absolute Gasteiger partial charge is 0.489 e. The van der Waals surface area contributed by atoms with Crippen molar-refractivity contribution in [3.8, 4) is 5.75 Å². The molecule has 1 aromatic carbocycles. The third-order valence-corrected chi connectivity index (χ3v) is 2.92. The minimum absolute atomic E-state index is 0. The lowest BCUT2D eigenvalue weighted by Gasteiger charge is -2.17. The van der Waals surface area contributed by atoms with E-state index in [1.165, 1.54) is 12.1 Å². The molecule has 0 spiro atoms. The molecule has 1 aromatic heterocycles.